The molecule has 0 aliphatic heterocycles. The fraction of sp³-hybridized carbons (Fsp3) is 0.417. The Bertz CT molecular complexity index is 430. The fourth-order valence-corrected chi connectivity index (χ4v) is 1.57. The van der Waals surface area contributed by atoms with Gasteiger partial charge in [0, 0.05) is 11.5 Å². The average molecular weight is 244 g/mol. The number of hydrogen-bond acceptors (Lipinski definition) is 3. The summed E-state index contributed by atoms with van der Waals surface area (Å²) in [5.41, 5.74) is -1.15. The number of methoxy groups -OCH3 is 1. The van der Waals surface area contributed by atoms with Crippen LogP contribution in [0.15, 0.2) is 18.2 Å². The highest BCUT2D eigenvalue weighted by atomic mass is 19.1. The van der Waals surface area contributed by atoms with Crippen LogP contribution in [-0.4, -0.2) is 24.3 Å². The van der Waals surface area contributed by atoms with E-state index in [1.54, 1.807) is 0 Å². The monoisotopic (exact) mass is 244 g/mol. The van der Waals surface area contributed by atoms with Crippen LogP contribution in [0.4, 0.5) is 8.78 Å². The third kappa shape index (κ3) is 2.61. The van der Waals surface area contributed by atoms with E-state index >= 15 is 0 Å². The van der Waals surface area contributed by atoms with Crippen molar-refractivity contribution in [3.8, 4) is 0 Å². The lowest BCUT2D eigenvalue weighted by Crippen LogP contribution is -2.41. The van der Waals surface area contributed by atoms with Gasteiger partial charge < -0.3 is 9.84 Å². The van der Waals surface area contributed by atoms with Crippen molar-refractivity contribution in [3.05, 3.63) is 35.4 Å². The molecule has 1 aromatic carbocycles. The van der Waals surface area contributed by atoms with Gasteiger partial charge in [0.2, 0.25) is 0 Å². The SMILES string of the molecule is COC(=O)C(O)C(C)(C)c1ccc(F)cc1F. The number of carbonyl (C=O) groups is 1. The standard InChI is InChI=1S/C12H14F2O3/c1-12(2,10(15)11(16)17-3)8-5-4-7(13)6-9(8)14/h4-6,10,15H,1-3H3. The first kappa shape index (κ1) is 13.6. The lowest BCUT2D eigenvalue weighted by atomic mass is 9.79. The van der Waals surface area contributed by atoms with Gasteiger partial charge in [-0.3, -0.25) is 0 Å². The molecule has 3 nitrogen and oxygen atoms in total. The van der Waals surface area contributed by atoms with Gasteiger partial charge >= 0.3 is 5.97 Å². The molecule has 0 spiro atoms. The first-order chi connectivity index (χ1) is 7.80. The van der Waals surface area contributed by atoms with Gasteiger partial charge in [0.05, 0.1) is 7.11 Å². The molecule has 0 bridgehead atoms. The average Bonchev–Trinajstić information content (AvgIpc) is 2.26. The molecule has 17 heavy (non-hydrogen) atoms. The van der Waals surface area contributed by atoms with Gasteiger partial charge in [-0.05, 0) is 11.6 Å². The third-order valence-corrected chi connectivity index (χ3v) is 2.73. The van der Waals surface area contributed by atoms with Crippen molar-refractivity contribution >= 4 is 5.97 Å². The van der Waals surface area contributed by atoms with E-state index in [9.17, 15) is 18.7 Å². The van der Waals surface area contributed by atoms with Crippen LogP contribution in [-0.2, 0) is 14.9 Å². The molecule has 0 heterocycles. The number of halogens is 2. The van der Waals surface area contributed by atoms with Gasteiger partial charge in [0.1, 0.15) is 11.6 Å². The zero-order valence-electron chi connectivity index (χ0n) is 9.83. The van der Waals surface area contributed by atoms with E-state index in [1.165, 1.54) is 19.9 Å². The largest absolute Gasteiger partial charge is 0.467 e. The molecule has 5 heteroatoms. The van der Waals surface area contributed by atoms with Gasteiger partial charge in [-0.2, -0.15) is 0 Å². The first-order valence-electron chi connectivity index (χ1n) is 5.02. The van der Waals surface area contributed by atoms with E-state index in [0.717, 1.165) is 13.2 Å². The van der Waals surface area contributed by atoms with Crippen LogP contribution in [0.5, 0.6) is 0 Å². The van der Waals surface area contributed by atoms with Crippen LogP contribution in [0.25, 0.3) is 0 Å². The summed E-state index contributed by atoms with van der Waals surface area (Å²) in [5, 5.41) is 9.76. The van der Waals surface area contributed by atoms with Crippen molar-refractivity contribution in [2.45, 2.75) is 25.4 Å². The van der Waals surface area contributed by atoms with Gasteiger partial charge in [-0.1, -0.05) is 19.9 Å². The zero-order chi connectivity index (χ0) is 13.2. The Kier molecular flexibility index (Phi) is 3.83. The summed E-state index contributed by atoms with van der Waals surface area (Å²) < 4.78 is 30.7. The minimum absolute atomic E-state index is 0.0526. The highest BCUT2D eigenvalue weighted by molar-refractivity contribution is 5.76. The molecular weight excluding hydrogens is 230 g/mol. The number of benzene rings is 1. The normalized spacial score (nSPS) is 13.3. The molecule has 0 saturated heterocycles. The Morgan fingerprint density at radius 3 is 2.47 bits per heavy atom. The van der Waals surface area contributed by atoms with Gasteiger partial charge in [-0.15, -0.1) is 0 Å². The summed E-state index contributed by atoms with van der Waals surface area (Å²) in [6.07, 6.45) is -1.52. The maximum atomic E-state index is 13.6. The molecule has 1 rings (SSSR count). The number of ether oxygens (including phenoxy) is 1. The summed E-state index contributed by atoms with van der Waals surface area (Å²) in [6.45, 7) is 2.95. The maximum absolute atomic E-state index is 13.6. The second-order valence-electron chi connectivity index (χ2n) is 4.27. The molecule has 1 aromatic rings. The molecule has 0 fully saturated rings. The minimum Gasteiger partial charge on any atom is -0.467 e. The highest BCUT2D eigenvalue weighted by Gasteiger charge is 2.37. The summed E-state index contributed by atoms with van der Waals surface area (Å²) in [4.78, 5) is 11.2. The molecule has 1 N–H and O–H groups in total. The Morgan fingerprint density at radius 1 is 1.41 bits per heavy atom. The number of hydrogen-bond donors (Lipinski definition) is 1. The van der Waals surface area contributed by atoms with Crippen molar-refractivity contribution in [3.63, 3.8) is 0 Å². The number of esters is 1. The van der Waals surface area contributed by atoms with E-state index in [2.05, 4.69) is 4.74 Å². The summed E-state index contributed by atoms with van der Waals surface area (Å²) >= 11 is 0. The lowest BCUT2D eigenvalue weighted by molar-refractivity contribution is -0.153. The van der Waals surface area contributed by atoms with E-state index in [0.29, 0.717) is 6.07 Å². The topological polar surface area (TPSA) is 46.5 Å². The van der Waals surface area contributed by atoms with Crippen LogP contribution < -0.4 is 0 Å². The third-order valence-electron chi connectivity index (χ3n) is 2.73. The molecule has 0 amide bonds. The second kappa shape index (κ2) is 4.79. The van der Waals surface area contributed by atoms with Crippen LogP contribution >= 0.6 is 0 Å². The molecule has 1 atom stereocenters. The molecule has 0 aromatic heterocycles. The van der Waals surface area contributed by atoms with E-state index in [1.807, 2.05) is 0 Å². The predicted molar refractivity (Wildman–Crippen MR) is 57.4 cm³/mol. The molecule has 0 saturated carbocycles. The molecular formula is C12H14F2O3. The van der Waals surface area contributed by atoms with Crippen molar-refractivity contribution in [1.29, 1.82) is 0 Å². The lowest BCUT2D eigenvalue weighted by Gasteiger charge is -2.29. The first-order valence-corrected chi connectivity index (χ1v) is 5.02. The molecule has 0 aliphatic carbocycles. The van der Waals surface area contributed by atoms with Crippen LogP contribution in [0.1, 0.15) is 19.4 Å². The van der Waals surface area contributed by atoms with E-state index in [4.69, 9.17) is 0 Å². The number of aliphatic hydroxyl groups is 1. The summed E-state index contributed by atoms with van der Waals surface area (Å²) in [5.74, 6) is -2.38. The second-order valence-corrected chi connectivity index (χ2v) is 4.27. The highest BCUT2D eigenvalue weighted by Crippen LogP contribution is 2.30. The molecule has 94 valence electrons. The number of aliphatic hydroxyl groups excluding tert-OH is 1. The quantitative estimate of drug-likeness (QED) is 0.824. The predicted octanol–water partition coefficient (Wildman–Crippen LogP) is 1.78. The minimum atomic E-state index is -1.52. The Hall–Kier alpha value is -1.49. The molecule has 1 unspecified atom stereocenters. The van der Waals surface area contributed by atoms with Crippen molar-refractivity contribution in [2.24, 2.45) is 0 Å². The summed E-state index contributed by atoms with van der Waals surface area (Å²) in [7, 11) is 1.13. The maximum Gasteiger partial charge on any atom is 0.335 e. The van der Waals surface area contributed by atoms with E-state index < -0.39 is 29.1 Å². The van der Waals surface area contributed by atoms with Crippen molar-refractivity contribution in [2.75, 3.05) is 7.11 Å². The van der Waals surface area contributed by atoms with Gasteiger partial charge in [0.15, 0.2) is 6.10 Å². The smallest absolute Gasteiger partial charge is 0.335 e. The molecule has 0 radical (unpaired) electrons. The van der Waals surface area contributed by atoms with Crippen molar-refractivity contribution in [1.82, 2.24) is 0 Å². The van der Waals surface area contributed by atoms with Crippen molar-refractivity contribution < 1.29 is 23.4 Å². The fourth-order valence-electron chi connectivity index (χ4n) is 1.57. The van der Waals surface area contributed by atoms with Gasteiger partial charge in [0.25, 0.3) is 0 Å². The van der Waals surface area contributed by atoms with Gasteiger partial charge in [-0.25, -0.2) is 13.6 Å². The Labute approximate surface area is 98.0 Å². The Morgan fingerprint density at radius 2 is 2.00 bits per heavy atom. The number of carbonyl (C=O) groups excluding carboxylic acids is 1. The number of rotatable bonds is 3. The van der Waals surface area contributed by atoms with Crippen LogP contribution in [0.2, 0.25) is 0 Å². The van der Waals surface area contributed by atoms with Crippen LogP contribution in [0, 0.1) is 11.6 Å². The molecule has 0 aliphatic rings. The zero-order valence-corrected chi connectivity index (χ0v) is 9.83. The summed E-state index contributed by atoms with van der Waals surface area (Å²) in [6, 6.07) is 2.99. The van der Waals surface area contributed by atoms with Crippen LogP contribution in [0.3, 0.4) is 0 Å². The van der Waals surface area contributed by atoms with E-state index in [-0.39, 0.29) is 5.56 Å². The Balaban J connectivity index is 3.16.